The molecule has 0 spiro atoms. The normalized spacial score (nSPS) is 10.5. The van der Waals surface area contributed by atoms with E-state index in [-0.39, 0.29) is 24.8 Å². The molecule has 2 aromatic rings. The van der Waals surface area contributed by atoms with Crippen molar-refractivity contribution in [3.05, 3.63) is 35.0 Å². The Labute approximate surface area is 126 Å². The molecule has 0 atom stereocenters. The lowest BCUT2D eigenvalue weighted by Gasteiger charge is -2.06. The second kappa shape index (κ2) is 6.33. The molecule has 0 bridgehead atoms. The van der Waals surface area contributed by atoms with Crippen molar-refractivity contribution in [3.63, 3.8) is 0 Å². The van der Waals surface area contributed by atoms with Crippen LogP contribution in [0.1, 0.15) is 27.7 Å². The number of carbonyl (C=O) groups is 2. The van der Waals surface area contributed by atoms with E-state index in [0.29, 0.717) is 17.2 Å². The zero-order chi connectivity index (χ0) is 16.3. The third-order valence-electron chi connectivity index (χ3n) is 3.12. The summed E-state index contributed by atoms with van der Waals surface area (Å²) in [6, 6.07) is 2.84. The lowest BCUT2D eigenvalue weighted by molar-refractivity contribution is -0.123. The molecule has 2 aromatic heterocycles. The van der Waals surface area contributed by atoms with Gasteiger partial charge in [0.2, 0.25) is 5.76 Å². The van der Waals surface area contributed by atoms with Crippen molar-refractivity contribution in [2.75, 3.05) is 6.61 Å². The summed E-state index contributed by atoms with van der Waals surface area (Å²) in [6.45, 7) is 3.60. The highest BCUT2D eigenvalue weighted by molar-refractivity contribution is 5.84. The van der Waals surface area contributed by atoms with Crippen LogP contribution < -0.4 is 10.1 Å². The highest BCUT2D eigenvalue weighted by Crippen LogP contribution is 2.21. The average Bonchev–Trinajstić information content (AvgIpc) is 3.02. The van der Waals surface area contributed by atoms with Crippen LogP contribution >= 0.6 is 0 Å². The number of aryl methyl sites for hydroxylation is 2. The summed E-state index contributed by atoms with van der Waals surface area (Å²) in [5, 5.41) is 15.5. The number of nitrogens with zero attached hydrogens (tertiary/aromatic N) is 2. The molecule has 1 amide bonds. The van der Waals surface area contributed by atoms with Crippen LogP contribution in [0.15, 0.2) is 16.5 Å². The Kier molecular flexibility index (Phi) is 4.50. The molecule has 0 unspecified atom stereocenters. The van der Waals surface area contributed by atoms with E-state index < -0.39 is 5.97 Å². The first-order valence-corrected chi connectivity index (χ1v) is 6.60. The molecule has 0 saturated carbocycles. The van der Waals surface area contributed by atoms with Crippen LogP contribution in [0.4, 0.5) is 0 Å². The molecule has 0 saturated heterocycles. The van der Waals surface area contributed by atoms with E-state index in [4.69, 9.17) is 14.3 Å². The van der Waals surface area contributed by atoms with Crippen LogP contribution in [-0.2, 0) is 18.4 Å². The topological polar surface area (TPSA) is 107 Å². The molecule has 2 rings (SSSR count). The van der Waals surface area contributed by atoms with Gasteiger partial charge in [-0.25, -0.2) is 4.79 Å². The van der Waals surface area contributed by atoms with Gasteiger partial charge in [0.1, 0.15) is 11.5 Å². The minimum absolute atomic E-state index is 0.0977. The Morgan fingerprint density at radius 1 is 1.41 bits per heavy atom. The zero-order valence-electron chi connectivity index (χ0n) is 12.5. The van der Waals surface area contributed by atoms with Crippen LogP contribution in [0.3, 0.4) is 0 Å². The van der Waals surface area contributed by atoms with Gasteiger partial charge in [-0.3, -0.25) is 9.48 Å². The second-order valence-electron chi connectivity index (χ2n) is 4.76. The molecule has 8 heteroatoms. The number of hydrogen-bond acceptors (Lipinski definition) is 5. The number of carboxylic acid groups (broad SMARTS) is 1. The highest BCUT2D eigenvalue weighted by Gasteiger charge is 2.13. The summed E-state index contributed by atoms with van der Waals surface area (Å²) >= 11 is 0. The van der Waals surface area contributed by atoms with E-state index in [2.05, 4.69) is 10.4 Å². The molecule has 22 heavy (non-hydrogen) atoms. The molecule has 0 aromatic carbocycles. The number of ether oxygens (including phenoxy) is 1. The van der Waals surface area contributed by atoms with Gasteiger partial charge in [0, 0.05) is 7.05 Å². The lowest BCUT2D eigenvalue weighted by atomic mass is 10.3. The fourth-order valence-electron chi connectivity index (χ4n) is 1.93. The smallest absolute Gasteiger partial charge is 0.371 e. The van der Waals surface area contributed by atoms with Gasteiger partial charge in [0.05, 0.1) is 12.2 Å². The van der Waals surface area contributed by atoms with Crippen molar-refractivity contribution >= 4 is 11.9 Å². The van der Waals surface area contributed by atoms with Gasteiger partial charge in [-0.15, -0.1) is 0 Å². The summed E-state index contributed by atoms with van der Waals surface area (Å²) in [7, 11) is 1.80. The van der Waals surface area contributed by atoms with E-state index in [0.717, 1.165) is 5.69 Å². The average molecular weight is 307 g/mol. The number of hydrogen-bond donors (Lipinski definition) is 2. The molecule has 0 aliphatic rings. The minimum atomic E-state index is -1.15. The molecule has 0 radical (unpaired) electrons. The zero-order valence-corrected chi connectivity index (χ0v) is 12.5. The van der Waals surface area contributed by atoms with Gasteiger partial charge < -0.3 is 19.6 Å². The number of carboxylic acids is 1. The van der Waals surface area contributed by atoms with Crippen molar-refractivity contribution in [1.82, 2.24) is 15.1 Å². The Morgan fingerprint density at radius 2 is 2.14 bits per heavy atom. The molecular formula is C14H17N3O5. The fourth-order valence-corrected chi connectivity index (χ4v) is 1.93. The molecule has 2 N–H and O–H groups in total. The van der Waals surface area contributed by atoms with Gasteiger partial charge >= 0.3 is 5.97 Å². The van der Waals surface area contributed by atoms with E-state index >= 15 is 0 Å². The van der Waals surface area contributed by atoms with E-state index in [1.165, 1.54) is 12.1 Å². The molecule has 0 aliphatic heterocycles. The largest absolute Gasteiger partial charge is 0.480 e. The van der Waals surface area contributed by atoms with Crippen molar-refractivity contribution in [3.8, 4) is 5.75 Å². The Hall–Kier alpha value is -2.77. The van der Waals surface area contributed by atoms with Crippen LogP contribution in [0, 0.1) is 13.8 Å². The molecule has 0 fully saturated rings. The number of aromatic nitrogens is 2. The Bertz CT molecular complexity index is 701. The van der Waals surface area contributed by atoms with E-state index in [1.54, 1.807) is 18.7 Å². The highest BCUT2D eigenvalue weighted by atomic mass is 16.5. The quantitative estimate of drug-likeness (QED) is 0.825. The second-order valence-corrected chi connectivity index (χ2v) is 4.76. The van der Waals surface area contributed by atoms with E-state index in [1.807, 2.05) is 6.92 Å². The number of nitrogens with one attached hydrogen (secondary N) is 1. The van der Waals surface area contributed by atoms with Gasteiger partial charge in [0.25, 0.3) is 5.91 Å². The maximum atomic E-state index is 11.7. The van der Waals surface area contributed by atoms with Crippen molar-refractivity contribution in [1.29, 1.82) is 0 Å². The number of rotatable bonds is 6. The number of amides is 1. The van der Waals surface area contributed by atoms with Gasteiger partial charge in [-0.1, -0.05) is 0 Å². The SMILES string of the molecule is Cc1nn(C)c(C)c1OCC(=O)NCc1ccc(C(=O)O)o1. The predicted octanol–water partition coefficient (Wildman–Crippen LogP) is 1.02. The Balaban J connectivity index is 1.84. The standard InChI is InChI=1S/C14H17N3O5/c1-8-13(9(2)17(3)16-8)21-7-12(18)15-6-10-4-5-11(22-10)14(19)20/h4-5H,6-7H2,1-3H3,(H,15,18)(H,19,20). The van der Waals surface area contributed by atoms with Gasteiger partial charge in [-0.05, 0) is 26.0 Å². The molecule has 118 valence electrons. The predicted molar refractivity (Wildman–Crippen MR) is 75.7 cm³/mol. The molecule has 2 heterocycles. The molecular weight excluding hydrogens is 290 g/mol. The number of carbonyl (C=O) groups excluding carboxylic acids is 1. The van der Waals surface area contributed by atoms with Crippen LogP contribution in [0.25, 0.3) is 0 Å². The summed E-state index contributed by atoms with van der Waals surface area (Å²) in [6.07, 6.45) is 0. The van der Waals surface area contributed by atoms with Gasteiger partial charge in [-0.2, -0.15) is 5.10 Å². The van der Waals surface area contributed by atoms with Crippen LogP contribution in [0.2, 0.25) is 0 Å². The van der Waals surface area contributed by atoms with Crippen LogP contribution in [-0.4, -0.2) is 33.4 Å². The van der Waals surface area contributed by atoms with Crippen molar-refractivity contribution in [2.24, 2.45) is 7.05 Å². The molecule has 0 aliphatic carbocycles. The first-order valence-electron chi connectivity index (χ1n) is 6.60. The maximum Gasteiger partial charge on any atom is 0.371 e. The number of aromatic carboxylic acids is 1. The summed E-state index contributed by atoms with van der Waals surface area (Å²) < 4.78 is 12.2. The van der Waals surface area contributed by atoms with Crippen molar-refractivity contribution in [2.45, 2.75) is 20.4 Å². The van der Waals surface area contributed by atoms with Crippen molar-refractivity contribution < 1.29 is 23.8 Å². The third kappa shape index (κ3) is 3.46. The third-order valence-corrected chi connectivity index (χ3v) is 3.12. The van der Waals surface area contributed by atoms with Crippen LogP contribution in [0.5, 0.6) is 5.75 Å². The van der Waals surface area contributed by atoms with E-state index in [9.17, 15) is 9.59 Å². The van der Waals surface area contributed by atoms with Gasteiger partial charge in [0.15, 0.2) is 12.4 Å². The molecule has 8 nitrogen and oxygen atoms in total. The first-order chi connectivity index (χ1) is 10.4. The summed E-state index contributed by atoms with van der Waals surface area (Å²) in [5.74, 6) is -0.704. The lowest BCUT2D eigenvalue weighted by Crippen LogP contribution is -2.28. The fraction of sp³-hybridized carbons (Fsp3) is 0.357. The minimum Gasteiger partial charge on any atom is -0.480 e. The number of furan rings is 1. The summed E-state index contributed by atoms with van der Waals surface area (Å²) in [5.41, 5.74) is 1.55. The monoisotopic (exact) mass is 307 g/mol. The summed E-state index contributed by atoms with van der Waals surface area (Å²) in [4.78, 5) is 22.4. The first kappa shape index (κ1) is 15.6. The maximum absolute atomic E-state index is 11.7. The Morgan fingerprint density at radius 3 is 2.68 bits per heavy atom.